The largest absolute Gasteiger partial charge is 0.438 e. The number of benzene rings is 1. The molecule has 108 valence electrons. The van der Waals surface area contributed by atoms with Crippen molar-refractivity contribution in [2.75, 3.05) is 0 Å². The summed E-state index contributed by atoms with van der Waals surface area (Å²) in [5, 5.41) is 0. The average molecular weight is 326 g/mol. The molecule has 0 spiro atoms. The predicted molar refractivity (Wildman–Crippen MR) is 71.4 cm³/mol. The molecule has 0 radical (unpaired) electrons. The topological polar surface area (TPSA) is 96.0 Å². The van der Waals surface area contributed by atoms with Crippen LogP contribution in [0.5, 0.6) is 11.5 Å². The molecule has 0 saturated heterocycles. The Balaban J connectivity index is 2.88. The predicted octanol–water partition coefficient (Wildman–Crippen LogP) is 1.07. The summed E-state index contributed by atoms with van der Waals surface area (Å²) in [6.07, 6.45) is 0. The number of hydrogen-bond donors (Lipinski definition) is 1. The fraction of sp³-hybridized carbons (Fsp3) is 0.333. The van der Waals surface area contributed by atoms with Crippen LogP contribution >= 0.6 is 0 Å². The first kappa shape index (κ1) is 16.0. The molecule has 0 aliphatic rings. The standard InChI is InChI=1S/C9H14O7S2Si/c1-19(2,3)16-18(12,13)15-9-6-4-5-8(7-9)14-17(10)11/h4-7,17H,1-3H3. The molecule has 10 heteroatoms. The highest BCUT2D eigenvalue weighted by Crippen LogP contribution is 2.22. The van der Waals surface area contributed by atoms with Crippen molar-refractivity contribution in [3.63, 3.8) is 0 Å². The van der Waals surface area contributed by atoms with E-state index in [-0.39, 0.29) is 11.5 Å². The van der Waals surface area contributed by atoms with Gasteiger partial charge in [0.1, 0.15) is 11.5 Å². The van der Waals surface area contributed by atoms with Crippen LogP contribution in [0.25, 0.3) is 0 Å². The molecule has 0 N–H and O–H groups in total. The molecule has 1 aromatic carbocycles. The minimum Gasteiger partial charge on any atom is -0.384 e. The SMILES string of the molecule is C[Si](C)(C)OS(=O)(=O)Oc1cccc(O[SH](=O)=O)c1. The van der Waals surface area contributed by atoms with Gasteiger partial charge in [0.25, 0.3) is 11.0 Å². The minimum atomic E-state index is -4.18. The Morgan fingerprint density at radius 2 is 1.68 bits per heavy atom. The monoisotopic (exact) mass is 326 g/mol. The smallest absolute Gasteiger partial charge is 0.384 e. The highest BCUT2D eigenvalue weighted by Gasteiger charge is 2.26. The molecular weight excluding hydrogens is 312 g/mol. The highest BCUT2D eigenvalue weighted by molar-refractivity contribution is 7.83. The van der Waals surface area contributed by atoms with Gasteiger partial charge in [-0.15, -0.1) is 0 Å². The van der Waals surface area contributed by atoms with Crippen molar-refractivity contribution in [2.45, 2.75) is 19.6 Å². The van der Waals surface area contributed by atoms with Gasteiger partial charge in [-0.25, -0.2) is 0 Å². The van der Waals surface area contributed by atoms with Crippen LogP contribution in [0.2, 0.25) is 19.6 Å². The molecule has 0 bridgehead atoms. The normalized spacial score (nSPS) is 12.4. The Morgan fingerprint density at radius 3 is 2.21 bits per heavy atom. The van der Waals surface area contributed by atoms with Crippen LogP contribution in [0.1, 0.15) is 0 Å². The summed E-state index contributed by atoms with van der Waals surface area (Å²) in [5.41, 5.74) is 0. The summed E-state index contributed by atoms with van der Waals surface area (Å²) in [5.74, 6) is -0.135. The zero-order chi connectivity index (χ0) is 14.7. The van der Waals surface area contributed by atoms with E-state index in [1.165, 1.54) is 18.2 Å². The lowest BCUT2D eigenvalue weighted by atomic mass is 10.3. The third-order valence-electron chi connectivity index (χ3n) is 1.54. The first-order valence-electron chi connectivity index (χ1n) is 5.15. The lowest BCUT2D eigenvalue weighted by Gasteiger charge is -2.16. The van der Waals surface area contributed by atoms with Gasteiger partial charge < -0.3 is 8.37 Å². The quantitative estimate of drug-likeness (QED) is 0.617. The van der Waals surface area contributed by atoms with Crippen LogP contribution in [0, 0.1) is 0 Å². The molecule has 0 amide bonds. The van der Waals surface area contributed by atoms with Gasteiger partial charge in [0.15, 0.2) is 0 Å². The van der Waals surface area contributed by atoms with Crippen molar-refractivity contribution in [1.82, 2.24) is 0 Å². The van der Waals surface area contributed by atoms with Gasteiger partial charge in [0.2, 0.25) is 8.32 Å². The summed E-state index contributed by atoms with van der Waals surface area (Å²) >= 11 is 0. The van der Waals surface area contributed by atoms with Crippen LogP contribution in [-0.4, -0.2) is 25.2 Å². The minimum absolute atomic E-state index is 0.0446. The van der Waals surface area contributed by atoms with Crippen LogP contribution in [0.15, 0.2) is 24.3 Å². The van der Waals surface area contributed by atoms with Crippen molar-refractivity contribution in [2.24, 2.45) is 0 Å². The molecule has 0 atom stereocenters. The third kappa shape index (κ3) is 6.57. The van der Waals surface area contributed by atoms with E-state index in [2.05, 4.69) is 4.18 Å². The molecule has 7 nitrogen and oxygen atoms in total. The zero-order valence-electron chi connectivity index (χ0n) is 10.5. The Labute approximate surface area is 114 Å². The van der Waals surface area contributed by atoms with Crippen LogP contribution < -0.4 is 8.37 Å². The summed E-state index contributed by atoms with van der Waals surface area (Å²) in [7, 11) is -9.58. The van der Waals surface area contributed by atoms with Crippen LogP contribution in [0.4, 0.5) is 0 Å². The van der Waals surface area contributed by atoms with Crippen molar-refractivity contribution in [3.8, 4) is 11.5 Å². The van der Waals surface area contributed by atoms with E-state index in [0.29, 0.717) is 0 Å². The second kappa shape index (κ2) is 5.90. The number of rotatable bonds is 6. The molecule has 1 aromatic rings. The Kier molecular flexibility index (Phi) is 4.96. The van der Waals surface area contributed by atoms with E-state index in [0.717, 1.165) is 6.07 Å². The van der Waals surface area contributed by atoms with Crippen LogP contribution in [0.3, 0.4) is 0 Å². The Hall–Kier alpha value is -1.10. The maximum Gasteiger partial charge on any atom is 0.438 e. The molecule has 0 fully saturated rings. The highest BCUT2D eigenvalue weighted by atomic mass is 32.3. The van der Waals surface area contributed by atoms with Crippen molar-refractivity contribution in [3.05, 3.63) is 24.3 Å². The van der Waals surface area contributed by atoms with Crippen molar-refractivity contribution in [1.29, 1.82) is 0 Å². The second-order valence-electron chi connectivity index (χ2n) is 4.48. The van der Waals surface area contributed by atoms with Gasteiger partial charge in [0.05, 0.1) is 0 Å². The maximum atomic E-state index is 11.6. The summed E-state index contributed by atoms with van der Waals surface area (Å²) in [6.45, 7) is 5.07. The Bertz CT molecular complexity index is 608. The lowest BCUT2D eigenvalue weighted by Crippen LogP contribution is -2.31. The summed E-state index contributed by atoms with van der Waals surface area (Å²) < 4.78 is 57.9. The van der Waals surface area contributed by atoms with Crippen molar-refractivity contribution >= 4 is 29.7 Å². The lowest BCUT2D eigenvalue weighted by molar-refractivity contribution is 0.391. The van der Waals surface area contributed by atoms with Gasteiger partial charge in [-0.2, -0.15) is 16.8 Å². The van der Waals surface area contributed by atoms with E-state index >= 15 is 0 Å². The summed E-state index contributed by atoms with van der Waals surface area (Å²) in [4.78, 5) is 0. The molecule has 0 aliphatic heterocycles. The molecule has 0 unspecified atom stereocenters. The van der Waals surface area contributed by atoms with E-state index in [1.807, 2.05) is 0 Å². The summed E-state index contributed by atoms with van der Waals surface area (Å²) in [6, 6.07) is 5.23. The fourth-order valence-electron chi connectivity index (χ4n) is 1.11. The molecule has 1 rings (SSSR count). The third-order valence-corrected chi connectivity index (χ3v) is 5.11. The van der Waals surface area contributed by atoms with Gasteiger partial charge in [-0.1, -0.05) is 6.07 Å². The number of thiol groups is 1. The van der Waals surface area contributed by atoms with Gasteiger partial charge in [-0.05, 0) is 31.8 Å². The van der Waals surface area contributed by atoms with Crippen molar-refractivity contribution < 1.29 is 29.1 Å². The first-order chi connectivity index (χ1) is 8.57. The van der Waals surface area contributed by atoms with E-state index < -0.39 is 29.7 Å². The molecule has 0 aromatic heterocycles. The zero-order valence-corrected chi connectivity index (χ0v) is 13.2. The van der Waals surface area contributed by atoms with E-state index in [1.54, 1.807) is 19.6 Å². The first-order valence-corrected chi connectivity index (χ1v) is 11.0. The van der Waals surface area contributed by atoms with Gasteiger partial charge in [0, 0.05) is 6.07 Å². The maximum absolute atomic E-state index is 11.6. The number of hydrogen-bond acceptors (Lipinski definition) is 7. The molecule has 0 heterocycles. The van der Waals surface area contributed by atoms with Gasteiger partial charge >= 0.3 is 10.4 Å². The Morgan fingerprint density at radius 1 is 1.11 bits per heavy atom. The molecular formula is C9H14O7S2Si. The van der Waals surface area contributed by atoms with Gasteiger partial charge in [-0.3, -0.25) is 3.87 Å². The van der Waals surface area contributed by atoms with E-state index in [9.17, 15) is 16.8 Å². The average Bonchev–Trinajstić information content (AvgIpc) is 2.11. The molecule has 19 heavy (non-hydrogen) atoms. The van der Waals surface area contributed by atoms with E-state index in [4.69, 9.17) is 8.06 Å². The van der Waals surface area contributed by atoms with Crippen LogP contribution in [-0.2, 0) is 25.3 Å². The molecule has 0 aliphatic carbocycles. The second-order valence-corrected chi connectivity index (χ2v) is 11.0. The fourth-order valence-corrected chi connectivity index (χ4v) is 4.32. The molecule has 0 saturated carbocycles.